The summed E-state index contributed by atoms with van der Waals surface area (Å²) in [5.41, 5.74) is 0.476. The summed E-state index contributed by atoms with van der Waals surface area (Å²) in [5, 5.41) is 2.60. The van der Waals surface area contributed by atoms with Crippen LogP contribution in [0.25, 0.3) is 0 Å². The lowest BCUT2D eigenvalue weighted by Gasteiger charge is -2.20. The molecule has 1 aromatic heterocycles. The Balaban J connectivity index is 2.41. The van der Waals surface area contributed by atoms with Gasteiger partial charge >= 0.3 is 6.09 Å². The number of hydrogen-bond donors (Lipinski definition) is 1. The molecule has 0 fully saturated rings. The smallest absolute Gasteiger partial charge is 0.407 e. The number of hydrogen-bond acceptors (Lipinski definition) is 4. The topological polar surface area (TPSA) is 68.3 Å². The van der Waals surface area contributed by atoms with Gasteiger partial charge in [-0.05, 0) is 44.9 Å². The number of nitrogens with zero attached hydrogens (tertiary/aromatic N) is 1. The van der Waals surface area contributed by atoms with Crippen LogP contribution in [0.1, 0.15) is 26.3 Å². The first-order valence-corrected chi connectivity index (χ1v) is 6.22. The lowest BCUT2D eigenvalue weighted by molar-refractivity contribution is -0.110. The molecule has 5 heteroatoms. The van der Waals surface area contributed by atoms with E-state index in [2.05, 4.69) is 10.3 Å². The van der Waals surface area contributed by atoms with E-state index in [9.17, 15) is 9.59 Å². The number of carbonyl (C=O) groups excluding carboxylic acids is 2. The van der Waals surface area contributed by atoms with E-state index in [0.29, 0.717) is 6.42 Å². The highest BCUT2D eigenvalue weighted by Gasteiger charge is 2.17. The fourth-order valence-corrected chi connectivity index (χ4v) is 1.52. The maximum absolute atomic E-state index is 11.5. The van der Waals surface area contributed by atoms with Crippen LogP contribution in [0.4, 0.5) is 4.79 Å². The van der Waals surface area contributed by atoms with E-state index < -0.39 is 11.7 Å². The van der Waals surface area contributed by atoms with E-state index >= 15 is 0 Å². The summed E-state index contributed by atoms with van der Waals surface area (Å²) in [7, 11) is 0. The second-order valence-corrected chi connectivity index (χ2v) is 5.34. The number of pyridine rings is 1. The van der Waals surface area contributed by atoms with Gasteiger partial charge in [-0.1, -0.05) is 0 Å². The number of alkyl carbamates (subject to hydrolysis) is 1. The maximum Gasteiger partial charge on any atom is 0.407 e. The van der Waals surface area contributed by atoms with Gasteiger partial charge in [0.1, 0.15) is 11.9 Å². The van der Waals surface area contributed by atoms with Gasteiger partial charge in [0.25, 0.3) is 0 Å². The molecule has 0 aliphatic carbocycles. The quantitative estimate of drug-likeness (QED) is 0.825. The van der Waals surface area contributed by atoms with Crippen LogP contribution in [0.5, 0.6) is 0 Å². The Morgan fingerprint density at radius 1 is 1.42 bits per heavy atom. The molecule has 104 valence electrons. The van der Waals surface area contributed by atoms with Gasteiger partial charge in [0.05, 0.1) is 0 Å². The number of aldehydes is 1. The van der Waals surface area contributed by atoms with Gasteiger partial charge in [0.2, 0.25) is 0 Å². The monoisotopic (exact) mass is 264 g/mol. The van der Waals surface area contributed by atoms with Crippen LogP contribution in [0.15, 0.2) is 24.5 Å². The third-order valence-corrected chi connectivity index (χ3v) is 2.35. The van der Waals surface area contributed by atoms with E-state index in [-0.39, 0.29) is 12.5 Å². The Hall–Kier alpha value is -1.91. The average Bonchev–Trinajstić information content (AvgIpc) is 2.33. The molecule has 0 aliphatic heterocycles. The maximum atomic E-state index is 11.5. The highest BCUT2D eigenvalue weighted by Crippen LogP contribution is 2.08. The highest BCUT2D eigenvalue weighted by atomic mass is 16.6. The van der Waals surface area contributed by atoms with Gasteiger partial charge in [0.15, 0.2) is 0 Å². The molecule has 19 heavy (non-hydrogen) atoms. The van der Waals surface area contributed by atoms with Crippen molar-refractivity contribution in [1.29, 1.82) is 0 Å². The van der Waals surface area contributed by atoms with Crippen molar-refractivity contribution < 1.29 is 14.3 Å². The molecule has 0 radical (unpaired) electrons. The molecule has 0 aromatic carbocycles. The van der Waals surface area contributed by atoms with Crippen molar-refractivity contribution in [3.05, 3.63) is 30.1 Å². The van der Waals surface area contributed by atoms with E-state index in [4.69, 9.17) is 4.74 Å². The van der Waals surface area contributed by atoms with Crippen LogP contribution in [0.2, 0.25) is 0 Å². The molecule has 1 N–H and O–H groups in total. The first-order chi connectivity index (χ1) is 8.90. The number of nitrogens with one attached hydrogen (secondary N) is 1. The van der Waals surface area contributed by atoms with Gasteiger partial charge in [-0.2, -0.15) is 0 Å². The summed E-state index contributed by atoms with van der Waals surface area (Å²) in [6.07, 6.45) is 4.27. The molecule has 1 unspecified atom stereocenters. The van der Waals surface area contributed by atoms with E-state index in [0.717, 1.165) is 11.8 Å². The van der Waals surface area contributed by atoms with Crippen molar-refractivity contribution in [1.82, 2.24) is 10.3 Å². The summed E-state index contributed by atoms with van der Waals surface area (Å²) in [6, 6.07) is 3.70. The number of aromatic nitrogens is 1. The summed E-state index contributed by atoms with van der Waals surface area (Å²) in [5.74, 6) is -0.269. The number of ether oxygens (including phenoxy) is 1. The first-order valence-electron chi connectivity index (χ1n) is 6.22. The number of rotatable bonds is 5. The first kappa shape index (κ1) is 15.1. The largest absolute Gasteiger partial charge is 0.444 e. The van der Waals surface area contributed by atoms with Crippen molar-refractivity contribution >= 4 is 12.4 Å². The second kappa shape index (κ2) is 6.87. The minimum Gasteiger partial charge on any atom is -0.444 e. The Kier molecular flexibility index (Phi) is 5.48. The minimum atomic E-state index is -0.536. The van der Waals surface area contributed by atoms with Crippen molar-refractivity contribution in [2.24, 2.45) is 5.92 Å². The Morgan fingerprint density at radius 2 is 2.05 bits per heavy atom. The normalized spacial score (nSPS) is 12.6. The molecule has 1 heterocycles. The molecule has 1 rings (SSSR count). The van der Waals surface area contributed by atoms with Crippen molar-refractivity contribution in [3.63, 3.8) is 0 Å². The van der Waals surface area contributed by atoms with Gasteiger partial charge in [-0.15, -0.1) is 0 Å². The van der Waals surface area contributed by atoms with Crippen LogP contribution in [-0.4, -0.2) is 29.5 Å². The van der Waals surface area contributed by atoms with Gasteiger partial charge in [-0.25, -0.2) is 4.79 Å². The van der Waals surface area contributed by atoms with E-state index in [1.54, 1.807) is 33.2 Å². The predicted octanol–water partition coefficient (Wildman–Crippen LogP) is 1.96. The Bertz CT molecular complexity index is 412. The van der Waals surface area contributed by atoms with Crippen molar-refractivity contribution in [2.75, 3.05) is 6.54 Å². The summed E-state index contributed by atoms with van der Waals surface area (Å²) in [6.45, 7) is 5.64. The predicted molar refractivity (Wildman–Crippen MR) is 71.7 cm³/mol. The third kappa shape index (κ3) is 6.55. The fourth-order valence-electron chi connectivity index (χ4n) is 1.52. The molecule has 0 saturated carbocycles. The Morgan fingerprint density at radius 3 is 2.58 bits per heavy atom. The minimum absolute atomic E-state index is 0.265. The molecule has 0 saturated heterocycles. The second-order valence-electron chi connectivity index (χ2n) is 5.34. The van der Waals surface area contributed by atoms with Crippen LogP contribution in [0.3, 0.4) is 0 Å². The molecular weight excluding hydrogens is 244 g/mol. The molecule has 0 bridgehead atoms. The zero-order chi connectivity index (χ0) is 14.3. The number of carbonyl (C=O) groups is 2. The molecule has 1 amide bonds. The molecule has 1 aromatic rings. The van der Waals surface area contributed by atoms with Crippen molar-refractivity contribution in [3.8, 4) is 0 Å². The Labute approximate surface area is 113 Å². The summed E-state index contributed by atoms with van der Waals surface area (Å²) in [4.78, 5) is 26.4. The van der Waals surface area contributed by atoms with E-state index in [1.807, 2.05) is 12.1 Å². The van der Waals surface area contributed by atoms with Crippen LogP contribution in [0, 0.1) is 5.92 Å². The van der Waals surface area contributed by atoms with E-state index in [1.165, 1.54) is 0 Å². The number of amides is 1. The standard InChI is InChI=1S/C14H20N2O3/c1-14(2,3)19-13(18)16-9-12(10-17)8-11-4-6-15-7-5-11/h4-7,10,12H,8-9H2,1-3H3,(H,16,18). The zero-order valence-corrected chi connectivity index (χ0v) is 11.6. The molecule has 1 atom stereocenters. The molecule has 0 spiro atoms. The average molecular weight is 264 g/mol. The van der Waals surface area contributed by atoms with Crippen LogP contribution < -0.4 is 5.32 Å². The van der Waals surface area contributed by atoms with Crippen molar-refractivity contribution in [2.45, 2.75) is 32.8 Å². The zero-order valence-electron chi connectivity index (χ0n) is 11.6. The molecular formula is C14H20N2O3. The van der Waals surface area contributed by atoms with Crippen LogP contribution >= 0.6 is 0 Å². The highest BCUT2D eigenvalue weighted by molar-refractivity contribution is 5.68. The van der Waals surface area contributed by atoms with Crippen LogP contribution in [-0.2, 0) is 16.0 Å². The summed E-state index contributed by atoms with van der Waals surface area (Å²) < 4.78 is 5.11. The summed E-state index contributed by atoms with van der Waals surface area (Å²) >= 11 is 0. The fraction of sp³-hybridized carbons (Fsp3) is 0.500. The lowest BCUT2D eigenvalue weighted by atomic mass is 10.0. The van der Waals surface area contributed by atoms with Gasteiger partial charge < -0.3 is 14.8 Å². The third-order valence-electron chi connectivity index (χ3n) is 2.35. The molecule has 5 nitrogen and oxygen atoms in total. The molecule has 0 aliphatic rings. The SMILES string of the molecule is CC(C)(C)OC(=O)NCC(C=O)Cc1ccncc1. The van der Waals surface area contributed by atoms with Gasteiger partial charge in [-0.3, -0.25) is 4.98 Å². The van der Waals surface area contributed by atoms with Gasteiger partial charge in [0, 0.05) is 24.9 Å². The lowest BCUT2D eigenvalue weighted by Crippen LogP contribution is -2.36.